The van der Waals surface area contributed by atoms with Gasteiger partial charge in [0.15, 0.2) is 0 Å². The van der Waals surface area contributed by atoms with E-state index in [0.717, 1.165) is 0 Å². The number of carboxylic acids is 1. The molecule has 1 rings (SSSR count). The van der Waals surface area contributed by atoms with Crippen molar-refractivity contribution >= 4 is 29.6 Å². The number of primary amides is 1. The molecule has 200 valence electrons. The number of carbonyl (C=O) groups excluding carboxylic acids is 4. The molecule has 0 radical (unpaired) electrons. The SMILES string of the molecule is CC(C)CC(NC(=O)C(CCC(N)=O)NC(=O)C(N)Cc1ccc(O)cc1)C(=O)NC(CO)C(=O)O. The zero-order chi connectivity index (χ0) is 27.4. The highest BCUT2D eigenvalue weighted by molar-refractivity contribution is 5.94. The Hall–Kier alpha value is -3.71. The van der Waals surface area contributed by atoms with Crippen LogP contribution >= 0.6 is 0 Å². The van der Waals surface area contributed by atoms with E-state index in [1.165, 1.54) is 12.1 Å². The number of phenolic OH excluding ortho intramolecular Hbond substituents is 1. The molecule has 4 unspecified atom stereocenters. The third-order valence-electron chi connectivity index (χ3n) is 5.18. The van der Waals surface area contributed by atoms with Gasteiger partial charge in [-0.2, -0.15) is 0 Å². The second kappa shape index (κ2) is 14.6. The molecule has 13 nitrogen and oxygen atoms in total. The second-order valence-electron chi connectivity index (χ2n) is 8.82. The van der Waals surface area contributed by atoms with Crippen LogP contribution in [0.5, 0.6) is 5.75 Å². The predicted octanol–water partition coefficient (Wildman–Crippen LogP) is -1.90. The summed E-state index contributed by atoms with van der Waals surface area (Å²) < 4.78 is 0. The van der Waals surface area contributed by atoms with E-state index in [1.807, 2.05) is 0 Å². The molecule has 36 heavy (non-hydrogen) atoms. The molecule has 0 saturated carbocycles. The van der Waals surface area contributed by atoms with E-state index in [4.69, 9.17) is 16.6 Å². The molecule has 0 fully saturated rings. The fraction of sp³-hybridized carbons (Fsp3) is 0.522. The first-order chi connectivity index (χ1) is 16.8. The zero-order valence-corrected chi connectivity index (χ0v) is 20.3. The zero-order valence-electron chi connectivity index (χ0n) is 20.3. The molecule has 0 aliphatic rings. The number of phenols is 1. The van der Waals surface area contributed by atoms with E-state index >= 15 is 0 Å². The van der Waals surface area contributed by atoms with Crippen LogP contribution in [0.1, 0.15) is 38.7 Å². The summed E-state index contributed by atoms with van der Waals surface area (Å²) in [7, 11) is 0. The Morgan fingerprint density at radius 1 is 0.889 bits per heavy atom. The summed E-state index contributed by atoms with van der Waals surface area (Å²) >= 11 is 0. The third kappa shape index (κ3) is 10.7. The van der Waals surface area contributed by atoms with Crippen LogP contribution in [0.15, 0.2) is 24.3 Å². The van der Waals surface area contributed by atoms with Gasteiger partial charge >= 0.3 is 5.97 Å². The highest BCUT2D eigenvalue weighted by Gasteiger charge is 2.30. The van der Waals surface area contributed by atoms with Gasteiger partial charge in [-0.25, -0.2) is 4.79 Å². The van der Waals surface area contributed by atoms with Crippen LogP contribution in [0.4, 0.5) is 0 Å². The van der Waals surface area contributed by atoms with Crippen molar-refractivity contribution in [2.45, 2.75) is 63.7 Å². The van der Waals surface area contributed by atoms with Crippen molar-refractivity contribution in [3.05, 3.63) is 29.8 Å². The van der Waals surface area contributed by atoms with Gasteiger partial charge < -0.3 is 42.7 Å². The van der Waals surface area contributed by atoms with E-state index < -0.39 is 60.4 Å². The van der Waals surface area contributed by atoms with E-state index in [9.17, 15) is 34.2 Å². The Kier molecular flexibility index (Phi) is 12.3. The molecule has 0 aliphatic heterocycles. The molecule has 0 spiro atoms. The Labute approximate surface area is 208 Å². The fourth-order valence-electron chi connectivity index (χ4n) is 3.25. The number of rotatable bonds is 15. The van der Waals surface area contributed by atoms with Crippen LogP contribution < -0.4 is 27.4 Å². The lowest BCUT2D eigenvalue weighted by Gasteiger charge is -2.25. The Bertz CT molecular complexity index is 922. The number of benzene rings is 1. The van der Waals surface area contributed by atoms with Crippen molar-refractivity contribution in [3.63, 3.8) is 0 Å². The van der Waals surface area contributed by atoms with Gasteiger partial charge in [0.2, 0.25) is 23.6 Å². The first-order valence-electron chi connectivity index (χ1n) is 11.4. The fourth-order valence-corrected chi connectivity index (χ4v) is 3.25. The number of aliphatic carboxylic acids is 1. The largest absolute Gasteiger partial charge is 0.508 e. The average molecular weight is 510 g/mol. The van der Waals surface area contributed by atoms with E-state index in [2.05, 4.69) is 16.0 Å². The minimum Gasteiger partial charge on any atom is -0.508 e. The number of hydrogen-bond donors (Lipinski definition) is 8. The monoisotopic (exact) mass is 509 g/mol. The van der Waals surface area contributed by atoms with Crippen molar-refractivity contribution in [2.24, 2.45) is 17.4 Å². The quantitative estimate of drug-likeness (QED) is 0.132. The van der Waals surface area contributed by atoms with Gasteiger partial charge in [0.1, 0.15) is 23.9 Å². The smallest absolute Gasteiger partial charge is 0.328 e. The summed E-state index contributed by atoms with van der Waals surface area (Å²) in [6.45, 7) is 2.71. The van der Waals surface area contributed by atoms with Crippen LogP contribution in [-0.2, 0) is 30.4 Å². The molecule has 0 bridgehead atoms. The molecule has 4 atom stereocenters. The summed E-state index contributed by atoms with van der Waals surface area (Å²) in [6.07, 6.45) is -0.167. The maximum Gasteiger partial charge on any atom is 0.328 e. The lowest BCUT2D eigenvalue weighted by Crippen LogP contribution is -2.58. The molecule has 10 N–H and O–H groups in total. The number of amides is 4. The van der Waals surface area contributed by atoms with E-state index in [-0.39, 0.29) is 37.4 Å². The first kappa shape index (κ1) is 30.3. The number of aliphatic hydroxyl groups is 1. The normalized spacial score (nSPS) is 14.2. The molecule has 0 aliphatic carbocycles. The highest BCUT2D eigenvalue weighted by Crippen LogP contribution is 2.11. The van der Waals surface area contributed by atoms with Crippen LogP contribution in [0.3, 0.4) is 0 Å². The second-order valence-corrected chi connectivity index (χ2v) is 8.82. The Morgan fingerprint density at radius 3 is 1.92 bits per heavy atom. The van der Waals surface area contributed by atoms with Gasteiger partial charge in [-0.1, -0.05) is 26.0 Å². The summed E-state index contributed by atoms with van der Waals surface area (Å²) in [5.41, 5.74) is 11.8. The average Bonchev–Trinajstić information content (AvgIpc) is 2.79. The lowest BCUT2D eigenvalue weighted by atomic mass is 10.0. The molecule has 1 aromatic rings. The number of hydrogen-bond acceptors (Lipinski definition) is 8. The summed E-state index contributed by atoms with van der Waals surface area (Å²) in [5.74, 6) is -4.51. The van der Waals surface area contributed by atoms with Crippen molar-refractivity contribution in [1.82, 2.24) is 16.0 Å². The van der Waals surface area contributed by atoms with Gasteiger partial charge in [0.25, 0.3) is 0 Å². The summed E-state index contributed by atoms with van der Waals surface area (Å²) in [4.78, 5) is 60.8. The van der Waals surface area contributed by atoms with Gasteiger partial charge in [-0.3, -0.25) is 19.2 Å². The maximum absolute atomic E-state index is 13.0. The van der Waals surface area contributed by atoms with Crippen LogP contribution in [-0.4, -0.2) is 75.7 Å². The third-order valence-corrected chi connectivity index (χ3v) is 5.18. The summed E-state index contributed by atoms with van der Waals surface area (Å²) in [6, 6.07) is 0.998. The minimum absolute atomic E-state index is 0.0496. The van der Waals surface area contributed by atoms with Crippen LogP contribution in [0.2, 0.25) is 0 Å². The van der Waals surface area contributed by atoms with Crippen molar-refractivity contribution in [3.8, 4) is 5.75 Å². The van der Waals surface area contributed by atoms with Crippen molar-refractivity contribution < 1.29 is 39.3 Å². The first-order valence-corrected chi connectivity index (χ1v) is 11.4. The molecule has 13 heteroatoms. The number of carbonyl (C=O) groups is 5. The lowest BCUT2D eigenvalue weighted by molar-refractivity contribution is -0.143. The predicted molar refractivity (Wildman–Crippen MR) is 128 cm³/mol. The maximum atomic E-state index is 13.0. The van der Waals surface area contributed by atoms with Gasteiger partial charge in [0.05, 0.1) is 12.6 Å². The van der Waals surface area contributed by atoms with Gasteiger partial charge in [-0.15, -0.1) is 0 Å². The number of nitrogens with one attached hydrogen (secondary N) is 3. The summed E-state index contributed by atoms with van der Waals surface area (Å²) in [5, 5.41) is 34.7. The molecule has 0 saturated heterocycles. The molecule has 0 heterocycles. The van der Waals surface area contributed by atoms with Crippen LogP contribution in [0.25, 0.3) is 0 Å². The topological polar surface area (TPSA) is 234 Å². The Balaban J connectivity index is 2.97. The van der Waals surface area contributed by atoms with Gasteiger partial charge in [-0.05, 0) is 42.9 Å². The molecular formula is C23H35N5O8. The number of carboxylic acid groups (broad SMARTS) is 1. The number of aliphatic hydroxyl groups excluding tert-OH is 1. The highest BCUT2D eigenvalue weighted by atomic mass is 16.4. The van der Waals surface area contributed by atoms with Crippen molar-refractivity contribution in [2.75, 3.05) is 6.61 Å². The molecule has 0 aromatic heterocycles. The van der Waals surface area contributed by atoms with Crippen LogP contribution in [0, 0.1) is 5.92 Å². The van der Waals surface area contributed by atoms with Crippen molar-refractivity contribution in [1.29, 1.82) is 0 Å². The standard InChI is InChI=1S/C23H35N5O8/c1-12(2)9-17(22(34)28-18(11-29)23(35)36)27-21(33)16(7-8-19(25)31)26-20(32)15(24)10-13-3-5-14(30)6-4-13/h3-6,12,15-18,29-30H,7-11,24H2,1-2H3,(H2,25,31)(H,26,32)(H,27,33)(H,28,34)(H,35,36). The number of nitrogens with two attached hydrogens (primary N) is 2. The minimum atomic E-state index is -1.56. The molecule has 1 aromatic carbocycles. The van der Waals surface area contributed by atoms with Gasteiger partial charge in [0, 0.05) is 6.42 Å². The molecular weight excluding hydrogens is 474 g/mol. The van der Waals surface area contributed by atoms with E-state index in [1.54, 1.807) is 26.0 Å². The molecule has 4 amide bonds. The van der Waals surface area contributed by atoms with E-state index in [0.29, 0.717) is 5.56 Å². The Morgan fingerprint density at radius 2 is 1.42 bits per heavy atom. The number of aromatic hydroxyl groups is 1.